The number of ether oxygens (including phenoxy) is 2. The maximum Gasteiger partial charge on any atom is 0.224 e. The van der Waals surface area contributed by atoms with Crippen molar-refractivity contribution in [2.75, 3.05) is 33.9 Å². The van der Waals surface area contributed by atoms with Gasteiger partial charge in [-0.1, -0.05) is 15.9 Å². The number of nitrogens with zero attached hydrogens (tertiary/aromatic N) is 1. The van der Waals surface area contributed by atoms with Crippen LogP contribution in [0.1, 0.15) is 12.0 Å². The highest BCUT2D eigenvalue weighted by atomic mass is 79.9. The van der Waals surface area contributed by atoms with E-state index < -0.39 is 0 Å². The van der Waals surface area contributed by atoms with Gasteiger partial charge in [-0.05, 0) is 18.2 Å². The average molecular weight is 357 g/mol. The first-order chi connectivity index (χ1) is 10.1. The van der Waals surface area contributed by atoms with Gasteiger partial charge in [-0.15, -0.1) is 0 Å². The average Bonchev–Trinajstić information content (AvgIpc) is 2.48. The molecule has 1 aliphatic rings. The van der Waals surface area contributed by atoms with Crippen LogP contribution in [0, 0.1) is 0 Å². The molecular formula is C15H21BrN2O3. The fourth-order valence-corrected chi connectivity index (χ4v) is 2.74. The van der Waals surface area contributed by atoms with Gasteiger partial charge in [-0.3, -0.25) is 4.79 Å². The number of carbonyl (C=O) groups is 1. The number of hydrogen-bond acceptors (Lipinski definition) is 4. The number of methoxy groups -OCH3 is 1. The van der Waals surface area contributed by atoms with Crippen molar-refractivity contribution < 1.29 is 14.3 Å². The summed E-state index contributed by atoms with van der Waals surface area (Å²) < 4.78 is 11.7. The van der Waals surface area contributed by atoms with Crippen molar-refractivity contribution >= 4 is 21.8 Å². The number of amides is 1. The summed E-state index contributed by atoms with van der Waals surface area (Å²) in [6.45, 7) is 2.64. The second-order valence-electron chi connectivity index (χ2n) is 5.14. The number of rotatable bonds is 5. The van der Waals surface area contributed by atoms with Crippen molar-refractivity contribution in [3.8, 4) is 5.75 Å². The van der Waals surface area contributed by atoms with Crippen LogP contribution in [0.3, 0.4) is 0 Å². The molecule has 1 aliphatic heterocycles. The van der Waals surface area contributed by atoms with Crippen LogP contribution in [0.15, 0.2) is 22.7 Å². The van der Waals surface area contributed by atoms with Crippen LogP contribution in [0.5, 0.6) is 5.75 Å². The van der Waals surface area contributed by atoms with E-state index >= 15 is 0 Å². The standard InChI is InChI=1S/C15H21BrN2O3/c1-18(15(19)8-13-10-21-6-5-17-13)9-11-7-12(16)3-4-14(11)20-2/h3-4,7,13,17H,5-6,8-10H2,1-2H3. The molecule has 2 rings (SSSR count). The maximum atomic E-state index is 12.3. The molecule has 0 bridgehead atoms. The van der Waals surface area contributed by atoms with Crippen LogP contribution in [-0.4, -0.2) is 50.8 Å². The minimum absolute atomic E-state index is 0.0972. The minimum atomic E-state index is 0.0972. The molecule has 0 aliphatic carbocycles. The third-order valence-electron chi connectivity index (χ3n) is 3.50. The van der Waals surface area contributed by atoms with Gasteiger partial charge in [0.15, 0.2) is 0 Å². The Kier molecular flexibility index (Phi) is 6.02. The van der Waals surface area contributed by atoms with Crippen molar-refractivity contribution in [2.45, 2.75) is 19.0 Å². The lowest BCUT2D eigenvalue weighted by atomic mass is 10.1. The van der Waals surface area contributed by atoms with Crippen molar-refractivity contribution in [3.63, 3.8) is 0 Å². The molecule has 0 spiro atoms. The van der Waals surface area contributed by atoms with Crippen LogP contribution in [-0.2, 0) is 16.1 Å². The van der Waals surface area contributed by atoms with E-state index in [0.29, 0.717) is 19.6 Å². The quantitative estimate of drug-likeness (QED) is 0.873. The molecule has 1 N–H and O–H groups in total. The molecule has 1 aromatic rings. The third-order valence-corrected chi connectivity index (χ3v) is 3.99. The molecule has 1 heterocycles. The van der Waals surface area contributed by atoms with Gasteiger partial charge >= 0.3 is 0 Å². The van der Waals surface area contributed by atoms with Crippen LogP contribution in [0.25, 0.3) is 0 Å². The molecule has 0 aromatic heterocycles. The summed E-state index contributed by atoms with van der Waals surface area (Å²) in [6.07, 6.45) is 0.451. The molecule has 1 fully saturated rings. The summed E-state index contributed by atoms with van der Waals surface area (Å²) in [4.78, 5) is 14.0. The zero-order chi connectivity index (χ0) is 15.2. The Bertz CT molecular complexity index is 490. The van der Waals surface area contributed by atoms with Gasteiger partial charge in [0.2, 0.25) is 5.91 Å². The summed E-state index contributed by atoms with van der Waals surface area (Å²) >= 11 is 3.45. The van der Waals surface area contributed by atoms with E-state index in [9.17, 15) is 4.79 Å². The van der Waals surface area contributed by atoms with Gasteiger partial charge in [0.05, 0.1) is 20.3 Å². The van der Waals surface area contributed by atoms with Crippen molar-refractivity contribution in [1.29, 1.82) is 0 Å². The lowest BCUT2D eigenvalue weighted by Gasteiger charge is -2.26. The van der Waals surface area contributed by atoms with Gasteiger partial charge in [-0.2, -0.15) is 0 Å². The van der Waals surface area contributed by atoms with Gasteiger partial charge in [-0.25, -0.2) is 0 Å². The fourth-order valence-electron chi connectivity index (χ4n) is 2.33. The second kappa shape index (κ2) is 7.77. The minimum Gasteiger partial charge on any atom is -0.496 e. The zero-order valence-corrected chi connectivity index (χ0v) is 14.0. The van der Waals surface area contributed by atoms with E-state index in [1.54, 1.807) is 12.0 Å². The topological polar surface area (TPSA) is 50.8 Å². The summed E-state index contributed by atoms with van der Waals surface area (Å²) in [5.74, 6) is 0.886. The monoisotopic (exact) mass is 356 g/mol. The summed E-state index contributed by atoms with van der Waals surface area (Å²) in [6, 6.07) is 5.91. The molecule has 116 valence electrons. The smallest absolute Gasteiger partial charge is 0.224 e. The van der Waals surface area contributed by atoms with E-state index in [0.717, 1.165) is 28.9 Å². The number of halogens is 1. The molecule has 0 saturated carbocycles. The van der Waals surface area contributed by atoms with Gasteiger partial charge in [0.1, 0.15) is 5.75 Å². The normalized spacial score (nSPS) is 18.3. The fraction of sp³-hybridized carbons (Fsp3) is 0.533. The SMILES string of the molecule is COc1ccc(Br)cc1CN(C)C(=O)CC1COCCN1. The Morgan fingerprint density at radius 2 is 2.38 bits per heavy atom. The highest BCUT2D eigenvalue weighted by molar-refractivity contribution is 9.10. The molecule has 21 heavy (non-hydrogen) atoms. The molecule has 6 heteroatoms. The maximum absolute atomic E-state index is 12.3. The highest BCUT2D eigenvalue weighted by Crippen LogP contribution is 2.24. The van der Waals surface area contributed by atoms with E-state index in [4.69, 9.17) is 9.47 Å². The van der Waals surface area contributed by atoms with Crippen molar-refractivity contribution in [2.24, 2.45) is 0 Å². The second-order valence-corrected chi connectivity index (χ2v) is 6.05. The number of nitrogens with one attached hydrogen (secondary N) is 1. The Hall–Kier alpha value is -1.11. The summed E-state index contributed by atoms with van der Waals surface area (Å²) in [7, 11) is 3.45. The predicted molar refractivity (Wildman–Crippen MR) is 84.4 cm³/mol. The molecule has 0 radical (unpaired) electrons. The lowest BCUT2D eigenvalue weighted by molar-refractivity contribution is -0.131. The van der Waals surface area contributed by atoms with Gasteiger partial charge < -0.3 is 19.7 Å². The van der Waals surface area contributed by atoms with Crippen LogP contribution >= 0.6 is 15.9 Å². The van der Waals surface area contributed by atoms with E-state index in [-0.39, 0.29) is 11.9 Å². The predicted octanol–water partition coefficient (Wildman–Crippen LogP) is 1.79. The highest BCUT2D eigenvalue weighted by Gasteiger charge is 2.20. The molecule has 1 saturated heterocycles. The van der Waals surface area contributed by atoms with E-state index in [1.165, 1.54) is 0 Å². The number of carbonyl (C=O) groups excluding carboxylic acids is 1. The zero-order valence-electron chi connectivity index (χ0n) is 12.4. The van der Waals surface area contributed by atoms with Gasteiger partial charge in [0.25, 0.3) is 0 Å². The third kappa shape index (κ3) is 4.69. The van der Waals surface area contributed by atoms with Crippen molar-refractivity contribution in [1.82, 2.24) is 10.2 Å². The molecule has 1 unspecified atom stereocenters. The van der Waals surface area contributed by atoms with Crippen LogP contribution < -0.4 is 10.1 Å². The summed E-state index contributed by atoms with van der Waals surface area (Å²) in [5, 5.41) is 3.30. The van der Waals surface area contributed by atoms with Crippen LogP contribution in [0.4, 0.5) is 0 Å². The number of hydrogen-bond donors (Lipinski definition) is 1. The first-order valence-corrected chi connectivity index (χ1v) is 7.77. The van der Waals surface area contributed by atoms with E-state index in [2.05, 4.69) is 21.2 Å². The molecule has 1 atom stereocenters. The molecule has 1 amide bonds. The number of benzene rings is 1. The lowest BCUT2D eigenvalue weighted by Crippen LogP contribution is -2.44. The first-order valence-electron chi connectivity index (χ1n) is 6.97. The Balaban J connectivity index is 1.95. The number of morpholine rings is 1. The molecular weight excluding hydrogens is 336 g/mol. The van der Waals surface area contributed by atoms with Crippen molar-refractivity contribution in [3.05, 3.63) is 28.2 Å². The van der Waals surface area contributed by atoms with Crippen LogP contribution in [0.2, 0.25) is 0 Å². The Morgan fingerprint density at radius 1 is 1.57 bits per heavy atom. The van der Waals surface area contributed by atoms with Gasteiger partial charge in [0, 0.05) is 42.6 Å². The molecule has 5 nitrogen and oxygen atoms in total. The first kappa shape index (κ1) is 16.3. The Morgan fingerprint density at radius 3 is 3.05 bits per heavy atom. The molecule has 1 aromatic carbocycles. The Labute approximate surface area is 133 Å². The largest absolute Gasteiger partial charge is 0.496 e. The van der Waals surface area contributed by atoms with E-state index in [1.807, 2.05) is 25.2 Å². The summed E-state index contributed by atoms with van der Waals surface area (Å²) in [5.41, 5.74) is 0.982.